The first-order valence-electron chi connectivity index (χ1n) is 8.80. The topological polar surface area (TPSA) is 75.4 Å². The van der Waals surface area contributed by atoms with E-state index in [1.54, 1.807) is 24.3 Å². The Hall–Kier alpha value is -2.08. The summed E-state index contributed by atoms with van der Waals surface area (Å²) in [6.45, 7) is 2.17. The maximum atomic E-state index is 12.6. The summed E-state index contributed by atoms with van der Waals surface area (Å²) < 4.78 is 0. The molecule has 0 saturated carbocycles. The summed E-state index contributed by atoms with van der Waals surface area (Å²) in [5, 5.41) is 4.20. The molecule has 2 amide bonds. The van der Waals surface area contributed by atoms with Crippen molar-refractivity contribution in [3.63, 3.8) is 0 Å². The fourth-order valence-electron chi connectivity index (χ4n) is 3.28. The Morgan fingerprint density at radius 3 is 2.41 bits per heavy atom. The molecule has 0 aromatic heterocycles. The highest BCUT2D eigenvalue weighted by atomic mass is 35.5. The van der Waals surface area contributed by atoms with Crippen molar-refractivity contribution in [1.29, 1.82) is 0 Å². The van der Waals surface area contributed by atoms with Gasteiger partial charge in [0.25, 0.3) is 0 Å². The molecule has 1 saturated heterocycles. The smallest absolute Gasteiger partial charge is 0.248 e. The average molecular weight is 406 g/mol. The van der Waals surface area contributed by atoms with Gasteiger partial charge in [-0.05, 0) is 55.8 Å². The molecule has 2 aromatic carbocycles. The maximum Gasteiger partial charge on any atom is 0.248 e. The highest BCUT2D eigenvalue weighted by molar-refractivity contribution is 6.35. The van der Waals surface area contributed by atoms with Gasteiger partial charge in [0.1, 0.15) is 0 Å². The summed E-state index contributed by atoms with van der Waals surface area (Å²) in [5.74, 6) is -0.637. The van der Waals surface area contributed by atoms with Crippen molar-refractivity contribution in [3.8, 4) is 0 Å². The lowest BCUT2D eigenvalue weighted by Gasteiger charge is -2.32. The number of anilines is 1. The van der Waals surface area contributed by atoms with Crippen LogP contribution in [0.5, 0.6) is 0 Å². The standard InChI is InChI=1S/C20H21Cl2N3O2/c21-17-4-1-5-18(22)16(17)12-25-10-2-3-14(11-25)20(27)24-15-8-6-13(7-9-15)19(23)26/h1,4-9,14H,2-3,10-12H2,(H2,23,26)(H,24,27). The number of nitrogens with one attached hydrogen (secondary N) is 1. The van der Waals surface area contributed by atoms with E-state index >= 15 is 0 Å². The quantitative estimate of drug-likeness (QED) is 0.790. The number of nitrogens with zero attached hydrogens (tertiary/aromatic N) is 1. The monoisotopic (exact) mass is 405 g/mol. The van der Waals surface area contributed by atoms with Gasteiger partial charge in [0.2, 0.25) is 11.8 Å². The molecule has 27 heavy (non-hydrogen) atoms. The van der Waals surface area contributed by atoms with E-state index in [1.807, 2.05) is 18.2 Å². The number of benzene rings is 2. The molecule has 0 spiro atoms. The van der Waals surface area contributed by atoms with Gasteiger partial charge in [-0.3, -0.25) is 14.5 Å². The molecule has 1 heterocycles. The van der Waals surface area contributed by atoms with Crippen LogP contribution in [0.25, 0.3) is 0 Å². The molecule has 2 aromatic rings. The molecule has 1 atom stereocenters. The predicted octanol–water partition coefficient (Wildman–Crippen LogP) is 3.94. The number of amides is 2. The number of piperidine rings is 1. The summed E-state index contributed by atoms with van der Waals surface area (Å²) in [6.07, 6.45) is 1.76. The van der Waals surface area contributed by atoms with E-state index in [1.165, 1.54) is 0 Å². The van der Waals surface area contributed by atoms with Gasteiger partial charge >= 0.3 is 0 Å². The third kappa shape index (κ3) is 5.01. The van der Waals surface area contributed by atoms with Gasteiger partial charge in [0.15, 0.2) is 0 Å². The number of hydrogen-bond acceptors (Lipinski definition) is 3. The number of nitrogens with two attached hydrogens (primary N) is 1. The fraction of sp³-hybridized carbons (Fsp3) is 0.300. The molecule has 1 aliphatic heterocycles. The summed E-state index contributed by atoms with van der Waals surface area (Å²) in [6, 6.07) is 12.0. The summed E-state index contributed by atoms with van der Waals surface area (Å²) in [4.78, 5) is 26.0. The maximum absolute atomic E-state index is 12.6. The minimum atomic E-state index is -0.492. The Bertz CT molecular complexity index is 819. The zero-order valence-electron chi connectivity index (χ0n) is 14.8. The minimum Gasteiger partial charge on any atom is -0.366 e. The number of hydrogen-bond donors (Lipinski definition) is 2. The Labute approximate surface area is 168 Å². The Morgan fingerprint density at radius 1 is 1.11 bits per heavy atom. The third-order valence-corrected chi connectivity index (χ3v) is 5.46. The van der Waals surface area contributed by atoms with Crippen molar-refractivity contribution in [2.45, 2.75) is 19.4 Å². The van der Waals surface area contributed by atoms with Crippen LogP contribution in [0.3, 0.4) is 0 Å². The summed E-state index contributed by atoms with van der Waals surface area (Å²) >= 11 is 12.5. The number of carbonyl (C=O) groups excluding carboxylic acids is 2. The lowest BCUT2D eigenvalue weighted by molar-refractivity contribution is -0.121. The zero-order chi connectivity index (χ0) is 19.4. The van der Waals surface area contributed by atoms with Crippen LogP contribution in [0.4, 0.5) is 5.69 Å². The van der Waals surface area contributed by atoms with E-state index in [4.69, 9.17) is 28.9 Å². The number of halogens is 2. The van der Waals surface area contributed by atoms with Crippen LogP contribution in [-0.2, 0) is 11.3 Å². The van der Waals surface area contributed by atoms with E-state index in [0.29, 0.717) is 34.4 Å². The second-order valence-corrected chi connectivity index (χ2v) is 7.52. The highest BCUT2D eigenvalue weighted by Crippen LogP contribution is 2.28. The number of primary amides is 1. The first-order chi connectivity index (χ1) is 12.9. The SMILES string of the molecule is NC(=O)c1ccc(NC(=O)C2CCCN(Cc3c(Cl)cccc3Cl)C2)cc1. The van der Waals surface area contributed by atoms with Crippen LogP contribution in [-0.4, -0.2) is 29.8 Å². The molecule has 1 aliphatic rings. The normalized spacial score (nSPS) is 17.5. The van der Waals surface area contributed by atoms with Crippen molar-refractivity contribution in [2.24, 2.45) is 11.7 Å². The molecule has 7 heteroatoms. The van der Waals surface area contributed by atoms with Crippen molar-refractivity contribution in [2.75, 3.05) is 18.4 Å². The van der Waals surface area contributed by atoms with Crippen LogP contribution >= 0.6 is 23.2 Å². The molecule has 1 unspecified atom stereocenters. The molecule has 0 aliphatic carbocycles. The molecule has 1 fully saturated rings. The second kappa shape index (κ2) is 8.74. The molecule has 3 rings (SSSR count). The third-order valence-electron chi connectivity index (χ3n) is 4.76. The molecular formula is C20H21Cl2N3O2. The van der Waals surface area contributed by atoms with Gasteiger partial charge in [0.05, 0.1) is 5.92 Å². The van der Waals surface area contributed by atoms with Crippen molar-refractivity contribution >= 4 is 40.7 Å². The van der Waals surface area contributed by atoms with Gasteiger partial charge in [-0.1, -0.05) is 29.3 Å². The van der Waals surface area contributed by atoms with E-state index in [-0.39, 0.29) is 11.8 Å². The Kier molecular flexibility index (Phi) is 6.37. The van der Waals surface area contributed by atoms with Crippen molar-refractivity contribution < 1.29 is 9.59 Å². The number of likely N-dealkylation sites (tertiary alicyclic amines) is 1. The van der Waals surface area contributed by atoms with Crippen LogP contribution in [0.15, 0.2) is 42.5 Å². The summed E-state index contributed by atoms with van der Waals surface area (Å²) in [7, 11) is 0. The minimum absolute atomic E-state index is 0.0308. The Balaban J connectivity index is 1.61. The first-order valence-corrected chi connectivity index (χ1v) is 9.55. The zero-order valence-corrected chi connectivity index (χ0v) is 16.3. The largest absolute Gasteiger partial charge is 0.366 e. The lowest BCUT2D eigenvalue weighted by atomic mass is 9.96. The molecule has 142 valence electrons. The van der Waals surface area contributed by atoms with Gasteiger partial charge < -0.3 is 11.1 Å². The second-order valence-electron chi connectivity index (χ2n) is 6.71. The summed E-state index contributed by atoms with van der Waals surface area (Å²) in [5.41, 5.74) is 7.18. The first kappa shape index (κ1) is 19.7. The van der Waals surface area contributed by atoms with Crippen molar-refractivity contribution in [3.05, 3.63) is 63.6 Å². The van der Waals surface area contributed by atoms with Gasteiger partial charge in [-0.25, -0.2) is 0 Å². The fourth-order valence-corrected chi connectivity index (χ4v) is 3.80. The van der Waals surface area contributed by atoms with Crippen molar-refractivity contribution in [1.82, 2.24) is 4.90 Å². The molecule has 5 nitrogen and oxygen atoms in total. The van der Waals surface area contributed by atoms with Crippen LogP contribution in [0, 0.1) is 5.92 Å². The van der Waals surface area contributed by atoms with Gasteiger partial charge in [0, 0.05) is 39.9 Å². The predicted molar refractivity (Wildman–Crippen MR) is 108 cm³/mol. The van der Waals surface area contributed by atoms with E-state index in [0.717, 1.165) is 24.9 Å². The number of carbonyl (C=O) groups is 2. The molecule has 0 bridgehead atoms. The van der Waals surface area contributed by atoms with Crippen LogP contribution in [0.2, 0.25) is 10.0 Å². The van der Waals surface area contributed by atoms with Crippen LogP contribution < -0.4 is 11.1 Å². The molecule has 3 N–H and O–H groups in total. The van der Waals surface area contributed by atoms with E-state index < -0.39 is 5.91 Å². The number of rotatable bonds is 5. The molecule has 0 radical (unpaired) electrons. The molecular weight excluding hydrogens is 385 g/mol. The van der Waals surface area contributed by atoms with Crippen LogP contribution in [0.1, 0.15) is 28.8 Å². The van der Waals surface area contributed by atoms with E-state index in [9.17, 15) is 9.59 Å². The average Bonchev–Trinajstić information content (AvgIpc) is 2.65. The lowest BCUT2D eigenvalue weighted by Crippen LogP contribution is -2.40. The van der Waals surface area contributed by atoms with E-state index in [2.05, 4.69) is 10.2 Å². The highest BCUT2D eigenvalue weighted by Gasteiger charge is 2.26. The Morgan fingerprint density at radius 2 is 1.78 bits per heavy atom. The van der Waals surface area contributed by atoms with Gasteiger partial charge in [-0.2, -0.15) is 0 Å². The van der Waals surface area contributed by atoms with Gasteiger partial charge in [-0.15, -0.1) is 0 Å².